The van der Waals surface area contributed by atoms with Crippen molar-refractivity contribution in [2.45, 2.75) is 12.3 Å². The molecule has 1 aromatic heterocycles. The standard InChI is InChI=1S/C62H43NO/c1-42-40-47(46-21-15-20-45(41-46)43-18-5-2-6-19-43)36-39-57(42)63(50-37-34-44(35-38-50)51-28-16-29-53-52-26-12-14-33-59(52)64-61(51)53)58-32-17-31-56-60(58)54-27-11-13-30-55(54)62(56,48-22-7-3-8-23-48)49-24-9-4-10-25-49/h2-41H,1H3. The lowest BCUT2D eigenvalue weighted by atomic mass is 9.68. The highest BCUT2D eigenvalue weighted by Crippen LogP contribution is 2.59. The third-order valence-electron chi connectivity index (χ3n) is 13.3. The van der Waals surface area contributed by atoms with E-state index in [9.17, 15) is 0 Å². The number of aryl methyl sites for hydroxylation is 1. The summed E-state index contributed by atoms with van der Waals surface area (Å²) in [5, 5.41) is 2.26. The molecule has 0 saturated heterocycles. The topological polar surface area (TPSA) is 16.4 Å². The fraction of sp³-hybridized carbons (Fsp3) is 0.0323. The van der Waals surface area contributed by atoms with Crippen molar-refractivity contribution in [3.63, 3.8) is 0 Å². The van der Waals surface area contributed by atoms with Gasteiger partial charge in [0, 0.05) is 33.3 Å². The maximum atomic E-state index is 6.52. The van der Waals surface area contributed by atoms with Gasteiger partial charge in [0.15, 0.2) is 0 Å². The average molecular weight is 818 g/mol. The van der Waals surface area contributed by atoms with Crippen LogP contribution in [0, 0.1) is 6.92 Å². The zero-order valence-electron chi connectivity index (χ0n) is 35.4. The maximum absolute atomic E-state index is 6.52. The second-order valence-corrected chi connectivity index (χ2v) is 16.8. The number of para-hydroxylation sites is 2. The molecule has 10 aromatic carbocycles. The number of rotatable bonds is 8. The van der Waals surface area contributed by atoms with E-state index in [-0.39, 0.29) is 0 Å². The van der Waals surface area contributed by atoms with Crippen LogP contribution >= 0.6 is 0 Å². The van der Waals surface area contributed by atoms with Crippen LogP contribution in [0.25, 0.3) is 66.4 Å². The Morgan fingerprint density at radius 3 is 1.67 bits per heavy atom. The normalized spacial score (nSPS) is 12.6. The van der Waals surface area contributed by atoms with Crippen LogP contribution in [-0.4, -0.2) is 0 Å². The summed E-state index contributed by atoms with van der Waals surface area (Å²) in [6, 6.07) is 88.3. The van der Waals surface area contributed by atoms with Gasteiger partial charge in [0.1, 0.15) is 11.2 Å². The van der Waals surface area contributed by atoms with Crippen LogP contribution in [0.4, 0.5) is 17.1 Å². The molecular formula is C62H43NO. The summed E-state index contributed by atoms with van der Waals surface area (Å²) in [7, 11) is 0. The maximum Gasteiger partial charge on any atom is 0.143 e. The molecule has 302 valence electrons. The van der Waals surface area contributed by atoms with Crippen LogP contribution in [0.1, 0.15) is 27.8 Å². The van der Waals surface area contributed by atoms with Crippen molar-refractivity contribution in [3.8, 4) is 44.5 Å². The number of anilines is 3. The summed E-state index contributed by atoms with van der Waals surface area (Å²) >= 11 is 0. The van der Waals surface area contributed by atoms with Gasteiger partial charge < -0.3 is 9.32 Å². The van der Waals surface area contributed by atoms with Crippen LogP contribution < -0.4 is 4.90 Å². The smallest absolute Gasteiger partial charge is 0.143 e. The molecule has 0 fully saturated rings. The van der Waals surface area contributed by atoms with Crippen LogP contribution in [0.15, 0.2) is 247 Å². The number of fused-ring (bicyclic) bond motifs is 6. The molecule has 0 spiro atoms. The Hall–Kier alpha value is -8.20. The molecule has 1 heterocycles. The first-order chi connectivity index (χ1) is 31.7. The molecule has 2 heteroatoms. The zero-order chi connectivity index (χ0) is 42.6. The molecule has 0 radical (unpaired) electrons. The predicted octanol–water partition coefficient (Wildman–Crippen LogP) is 16.7. The van der Waals surface area contributed by atoms with Crippen molar-refractivity contribution in [1.29, 1.82) is 0 Å². The molecule has 0 amide bonds. The molecule has 64 heavy (non-hydrogen) atoms. The van der Waals surface area contributed by atoms with E-state index in [2.05, 4.69) is 248 Å². The summed E-state index contributed by atoms with van der Waals surface area (Å²) < 4.78 is 6.52. The highest BCUT2D eigenvalue weighted by atomic mass is 16.3. The van der Waals surface area contributed by atoms with Gasteiger partial charge in [-0.25, -0.2) is 0 Å². The van der Waals surface area contributed by atoms with E-state index in [4.69, 9.17) is 4.42 Å². The molecule has 0 bridgehead atoms. The molecule has 1 aliphatic rings. The quantitative estimate of drug-likeness (QED) is 0.152. The Bertz CT molecular complexity index is 3460. The van der Waals surface area contributed by atoms with E-state index in [0.717, 1.165) is 50.1 Å². The molecule has 0 atom stereocenters. The van der Waals surface area contributed by atoms with Crippen molar-refractivity contribution in [2.24, 2.45) is 0 Å². The average Bonchev–Trinajstić information content (AvgIpc) is 3.90. The summed E-state index contributed by atoms with van der Waals surface area (Å²) in [4.78, 5) is 2.48. The van der Waals surface area contributed by atoms with Crippen LogP contribution in [0.2, 0.25) is 0 Å². The fourth-order valence-corrected chi connectivity index (χ4v) is 10.4. The van der Waals surface area contributed by atoms with E-state index in [0.29, 0.717) is 0 Å². The van der Waals surface area contributed by atoms with E-state index in [1.807, 2.05) is 6.07 Å². The monoisotopic (exact) mass is 817 g/mol. The van der Waals surface area contributed by atoms with Gasteiger partial charge in [-0.05, 0) is 111 Å². The molecule has 1 aliphatic carbocycles. The van der Waals surface area contributed by atoms with E-state index in [1.54, 1.807) is 0 Å². The first kappa shape index (κ1) is 37.6. The third kappa shape index (κ3) is 5.95. The van der Waals surface area contributed by atoms with Gasteiger partial charge in [-0.15, -0.1) is 0 Å². The Morgan fingerprint density at radius 2 is 0.922 bits per heavy atom. The highest BCUT2D eigenvalue weighted by molar-refractivity contribution is 6.09. The molecular weight excluding hydrogens is 775 g/mol. The molecule has 2 nitrogen and oxygen atoms in total. The molecule has 0 N–H and O–H groups in total. The van der Waals surface area contributed by atoms with Crippen molar-refractivity contribution in [2.75, 3.05) is 4.90 Å². The Kier molecular flexibility index (Phi) is 8.98. The van der Waals surface area contributed by atoms with Crippen molar-refractivity contribution in [3.05, 3.63) is 270 Å². The van der Waals surface area contributed by atoms with Gasteiger partial charge >= 0.3 is 0 Å². The lowest BCUT2D eigenvalue weighted by Crippen LogP contribution is -2.28. The second-order valence-electron chi connectivity index (χ2n) is 16.8. The van der Waals surface area contributed by atoms with E-state index < -0.39 is 5.41 Å². The minimum atomic E-state index is -0.520. The highest BCUT2D eigenvalue weighted by Gasteiger charge is 2.47. The second kappa shape index (κ2) is 15.3. The summed E-state index contributed by atoms with van der Waals surface area (Å²) in [6.45, 7) is 2.25. The Balaban J connectivity index is 1.06. The lowest BCUT2D eigenvalue weighted by Gasteiger charge is -2.34. The van der Waals surface area contributed by atoms with Gasteiger partial charge in [0.25, 0.3) is 0 Å². The van der Waals surface area contributed by atoms with Crippen molar-refractivity contribution in [1.82, 2.24) is 0 Å². The lowest BCUT2D eigenvalue weighted by molar-refractivity contribution is 0.670. The molecule has 0 aliphatic heterocycles. The van der Waals surface area contributed by atoms with Crippen LogP contribution in [0.5, 0.6) is 0 Å². The largest absolute Gasteiger partial charge is 0.455 e. The first-order valence-electron chi connectivity index (χ1n) is 22.1. The van der Waals surface area contributed by atoms with E-state index >= 15 is 0 Å². The number of furan rings is 1. The van der Waals surface area contributed by atoms with Gasteiger partial charge in [0.2, 0.25) is 0 Å². The molecule has 0 unspecified atom stereocenters. The third-order valence-corrected chi connectivity index (χ3v) is 13.3. The Morgan fingerprint density at radius 1 is 0.375 bits per heavy atom. The molecule has 12 rings (SSSR count). The SMILES string of the molecule is Cc1cc(-c2cccc(-c3ccccc3)c2)ccc1N(c1ccc(-c2cccc3c2oc2ccccc23)cc1)c1cccc2c1-c1ccccc1C2(c1ccccc1)c1ccccc1. The summed E-state index contributed by atoms with van der Waals surface area (Å²) in [6.07, 6.45) is 0. The van der Waals surface area contributed by atoms with Crippen molar-refractivity contribution >= 4 is 39.0 Å². The van der Waals surface area contributed by atoms with Crippen LogP contribution in [0.3, 0.4) is 0 Å². The van der Waals surface area contributed by atoms with Crippen LogP contribution in [-0.2, 0) is 5.41 Å². The summed E-state index contributed by atoms with van der Waals surface area (Å²) in [5.74, 6) is 0. The van der Waals surface area contributed by atoms with Gasteiger partial charge in [-0.3, -0.25) is 0 Å². The fourth-order valence-electron chi connectivity index (χ4n) is 10.4. The van der Waals surface area contributed by atoms with Gasteiger partial charge in [-0.2, -0.15) is 0 Å². The minimum absolute atomic E-state index is 0.520. The number of hydrogen-bond donors (Lipinski definition) is 0. The number of hydrogen-bond acceptors (Lipinski definition) is 2. The number of benzene rings is 10. The summed E-state index contributed by atoms with van der Waals surface area (Å²) in [5.41, 5.74) is 20.3. The van der Waals surface area contributed by atoms with E-state index in [1.165, 1.54) is 61.2 Å². The number of nitrogens with zero attached hydrogens (tertiary/aromatic N) is 1. The minimum Gasteiger partial charge on any atom is -0.455 e. The zero-order valence-corrected chi connectivity index (χ0v) is 35.4. The first-order valence-corrected chi connectivity index (χ1v) is 22.1. The van der Waals surface area contributed by atoms with Gasteiger partial charge in [0.05, 0.1) is 11.1 Å². The van der Waals surface area contributed by atoms with Crippen molar-refractivity contribution < 1.29 is 4.42 Å². The predicted molar refractivity (Wildman–Crippen MR) is 267 cm³/mol. The molecule has 0 saturated carbocycles. The van der Waals surface area contributed by atoms with Gasteiger partial charge in [-0.1, -0.05) is 200 Å². The Labute approximate surface area is 374 Å². The molecule has 11 aromatic rings.